The van der Waals surface area contributed by atoms with Crippen molar-refractivity contribution < 1.29 is 4.79 Å². The standard InChI is InChI=1S/C15H23N3OS/c1-12(15(19)17-7-5-16-6-8-17)18(14-2-3-14)10-13-4-9-20-11-13/h4,9,11-12,14,16H,2-3,5-8,10H2,1H3. The van der Waals surface area contributed by atoms with E-state index in [2.05, 4.69) is 34.0 Å². The lowest BCUT2D eigenvalue weighted by molar-refractivity contribution is -0.137. The Morgan fingerprint density at radius 3 is 2.85 bits per heavy atom. The number of rotatable bonds is 5. The number of piperazine rings is 1. The van der Waals surface area contributed by atoms with Crippen LogP contribution in [0.3, 0.4) is 0 Å². The Kier molecular flexibility index (Phi) is 4.38. The van der Waals surface area contributed by atoms with Crippen molar-refractivity contribution in [2.24, 2.45) is 0 Å². The Bertz CT molecular complexity index is 438. The van der Waals surface area contributed by atoms with Crippen LogP contribution in [0.2, 0.25) is 0 Å². The Morgan fingerprint density at radius 1 is 1.50 bits per heavy atom. The monoisotopic (exact) mass is 293 g/mol. The van der Waals surface area contributed by atoms with Crippen molar-refractivity contribution in [3.05, 3.63) is 22.4 Å². The van der Waals surface area contributed by atoms with Crippen molar-refractivity contribution in [3.63, 3.8) is 0 Å². The fraction of sp³-hybridized carbons (Fsp3) is 0.667. The summed E-state index contributed by atoms with van der Waals surface area (Å²) in [5.41, 5.74) is 1.34. The molecule has 0 spiro atoms. The predicted molar refractivity (Wildman–Crippen MR) is 81.8 cm³/mol. The molecule has 1 aliphatic heterocycles. The molecule has 20 heavy (non-hydrogen) atoms. The van der Waals surface area contributed by atoms with Crippen molar-refractivity contribution in [2.45, 2.75) is 38.4 Å². The van der Waals surface area contributed by atoms with Gasteiger partial charge in [0.25, 0.3) is 0 Å². The second-order valence-electron chi connectivity index (χ2n) is 5.79. The lowest BCUT2D eigenvalue weighted by atomic mass is 10.2. The maximum atomic E-state index is 12.7. The maximum Gasteiger partial charge on any atom is 0.239 e. The normalized spacial score (nSPS) is 21.2. The minimum atomic E-state index is 0.000463. The summed E-state index contributed by atoms with van der Waals surface area (Å²) >= 11 is 1.73. The van der Waals surface area contributed by atoms with E-state index in [0.717, 1.165) is 32.7 Å². The number of hydrogen-bond donors (Lipinski definition) is 1. The van der Waals surface area contributed by atoms with Gasteiger partial charge in [-0.2, -0.15) is 11.3 Å². The first-order valence-electron chi connectivity index (χ1n) is 7.52. The van der Waals surface area contributed by atoms with Crippen molar-refractivity contribution in [3.8, 4) is 0 Å². The number of carbonyl (C=O) groups is 1. The molecule has 3 rings (SSSR count). The molecule has 2 aliphatic rings. The molecule has 1 aromatic heterocycles. The number of carbonyl (C=O) groups excluding carboxylic acids is 1. The second-order valence-corrected chi connectivity index (χ2v) is 6.57. The molecule has 0 aromatic carbocycles. The molecule has 0 bridgehead atoms. The predicted octanol–water partition coefficient (Wildman–Crippen LogP) is 1.53. The van der Waals surface area contributed by atoms with Gasteiger partial charge in [-0.05, 0) is 42.2 Å². The number of nitrogens with zero attached hydrogens (tertiary/aromatic N) is 2. The fourth-order valence-electron chi connectivity index (χ4n) is 2.87. The molecule has 1 unspecified atom stereocenters. The van der Waals surface area contributed by atoms with E-state index in [1.807, 2.05) is 4.90 Å². The summed E-state index contributed by atoms with van der Waals surface area (Å²) in [5.74, 6) is 0.300. The summed E-state index contributed by atoms with van der Waals surface area (Å²) in [7, 11) is 0. The second kappa shape index (κ2) is 6.24. The van der Waals surface area contributed by atoms with Gasteiger partial charge in [0.15, 0.2) is 0 Å². The summed E-state index contributed by atoms with van der Waals surface area (Å²) in [5, 5.41) is 7.61. The van der Waals surface area contributed by atoms with Crippen LogP contribution in [0.4, 0.5) is 0 Å². The summed E-state index contributed by atoms with van der Waals surface area (Å²) in [6.45, 7) is 6.53. The summed E-state index contributed by atoms with van der Waals surface area (Å²) in [6.07, 6.45) is 2.48. The largest absolute Gasteiger partial charge is 0.339 e. The average molecular weight is 293 g/mol. The number of thiophene rings is 1. The molecule has 1 N–H and O–H groups in total. The molecule has 1 saturated carbocycles. The van der Waals surface area contributed by atoms with Crippen molar-refractivity contribution in [1.82, 2.24) is 15.1 Å². The van der Waals surface area contributed by atoms with Gasteiger partial charge >= 0.3 is 0 Å². The van der Waals surface area contributed by atoms with Crippen molar-refractivity contribution in [2.75, 3.05) is 26.2 Å². The van der Waals surface area contributed by atoms with Gasteiger partial charge in [0, 0.05) is 38.8 Å². The zero-order valence-electron chi connectivity index (χ0n) is 12.0. The smallest absolute Gasteiger partial charge is 0.239 e. The zero-order chi connectivity index (χ0) is 13.9. The topological polar surface area (TPSA) is 35.6 Å². The van der Waals surface area contributed by atoms with E-state index in [9.17, 15) is 4.79 Å². The Hall–Kier alpha value is -0.910. The van der Waals surface area contributed by atoms with Gasteiger partial charge in [-0.25, -0.2) is 0 Å². The number of nitrogens with one attached hydrogen (secondary N) is 1. The summed E-state index contributed by atoms with van der Waals surface area (Å²) in [6, 6.07) is 2.78. The van der Waals surface area contributed by atoms with E-state index in [1.54, 1.807) is 11.3 Å². The molecule has 5 heteroatoms. The SMILES string of the molecule is CC(C(=O)N1CCNCC1)N(Cc1ccsc1)C1CC1. The highest BCUT2D eigenvalue weighted by Gasteiger charge is 2.36. The van der Waals surface area contributed by atoms with E-state index >= 15 is 0 Å². The van der Waals surface area contributed by atoms with Crippen LogP contribution >= 0.6 is 11.3 Å². The first-order chi connectivity index (χ1) is 9.75. The third kappa shape index (κ3) is 3.22. The molecule has 2 fully saturated rings. The Morgan fingerprint density at radius 2 is 2.25 bits per heavy atom. The van der Waals surface area contributed by atoms with Crippen molar-refractivity contribution in [1.29, 1.82) is 0 Å². The highest BCUT2D eigenvalue weighted by molar-refractivity contribution is 7.07. The maximum absolute atomic E-state index is 12.7. The third-order valence-electron chi connectivity index (χ3n) is 4.24. The van der Waals surface area contributed by atoms with E-state index in [-0.39, 0.29) is 6.04 Å². The number of hydrogen-bond acceptors (Lipinski definition) is 4. The number of amides is 1. The van der Waals surface area contributed by atoms with Crippen LogP contribution in [0.15, 0.2) is 16.8 Å². The van der Waals surface area contributed by atoms with E-state index < -0.39 is 0 Å². The van der Waals surface area contributed by atoms with Crippen LogP contribution in [0, 0.1) is 0 Å². The molecule has 1 amide bonds. The van der Waals surface area contributed by atoms with E-state index in [4.69, 9.17) is 0 Å². The summed E-state index contributed by atoms with van der Waals surface area (Å²) < 4.78 is 0. The highest BCUT2D eigenvalue weighted by atomic mass is 32.1. The average Bonchev–Trinajstić information content (AvgIpc) is 3.21. The van der Waals surface area contributed by atoms with Crippen LogP contribution in [-0.2, 0) is 11.3 Å². The van der Waals surface area contributed by atoms with E-state index in [0.29, 0.717) is 11.9 Å². The lowest BCUT2D eigenvalue weighted by Crippen LogP contribution is -2.53. The van der Waals surface area contributed by atoms with Crippen LogP contribution in [-0.4, -0.2) is 54.0 Å². The van der Waals surface area contributed by atoms with Crippen molar-refractivity contribution >= 4 is 17.2 Å². The van der Waals surface area contributed by atoms with Gasteiger partial charge in [-0.15, -0.1) is 0 Å². The quantitative estimate of drug-likeness (QED) is 0.894. The van der Waals surface area contributed by atoms with Crippen LogP contribution < -0.4 is 5.32 Å². The molecule has 1 saturated heterocycles. The molecule has 1 aromatic rings. The molecule has 1 aliphatic carbocycles. The minimum Gasteiger partial charge on any atom is -0.339 e. The molecule has 2 heterocycles. The van der Waals surface area contributed by atoms with E-state index in [1.165, 1.54) is 18.4 Å². The molecule has 4 nitrogen and oxygen atoms in total. The molecular weight excluding hydrogens is 270 g/mol. The lowest BCUT2D eigenvalue weighted by Gasteiger charge is -2.34. The van der Waals surface area contributed by atoms with Crippen LogP contribution in [0.25, 0.3) is 0 Å². The van der Waals surface area contributed by atoms with Gasteiger partial charge < -0.3 is 10.2 Å². The van der Waals surface area contributed by atoms with Gasteiger partial charge in [-0.1, -0.05) is 0 Å². The summed E-state index contributed by atoms with van der Waals surface area (Å²) in [4.78, 5) is 17.1. The molecule has 0 radical (unpaired) electrons. The molecular formula is C15H23N3OS. The molecule has 1 atom stereocenters. The van der Waals surface area contributed by atoms with Gasteiger partial charge in [0.2, 0.25) is 5.91 Å². The van der Waals surface area contributed by atoms with Gasteiger partial charge in [0.05, 0.1) is 6.04 Å². The Labute approximate surface area is 124 Å². The van der Waals surface area contributed by atoms with Crippen LogP contribution in [0.5, 0.6) is 0 Å². The van der Waals surface area contributed by atoms with Gasteiger partial charge in [-0.3, -0.25) is 9.69 Å². The zero-order valence-corrected chi connectivity index (χ0v) is 12.9. The highest BCUT2D eigenvalue weighted by Crippen LogP contribution is 2.31. The van der Waals surface area contributed by atoms with Crippen LogP contribution in [0.1, 0.15) is 25.3 Å². The van der Waals surface area contributed by atoms with Gasteiger partial charge in [0.1, 0.15) is 0 Å². The first kappa shape index (κ1) is 14.0. The first-order valence-corrected chi connectivity index (χ1v) is 8.46. The third-order valence-corrected chi connectivity index (χ3v) is 4.98. The minimum absolute atomic E-state index is 0.000463. The fourth-order valence-corrected chi connectivity index (χ4v) is 3.53. The Balaban J connectivity index is 1.65. The molecule has 110 valence electrons.